The molecule has 0 aliphatic carbocycles. The Kier molecular flexibility index (Phi) is 4.73. The zero-order chi connectivity index (χ0) is 13.1. The van der Waals surface area contributed by atoms with Crippen molar-refractivity contribution in [2.75, 3.05) is 5.88 Å². The Balaban J connectivity index is 3.05. The monoisotopic (exact) mass is 269 g/mol. The molecular weight excluding hydrogens is 259 g/mol. The lowest BCUT2D eigenvalue weighted by atomic mass is 10.0. The highest BCUT2D eigenvalue weighted by Crippen LogP contribution is 2.34. The van der Waals surface area contributed by atoms with Crippen molar-refractivity contribution in [3.63, 3.8) is 0 Å². The number of aliphatic hydroxyl groups is 2. The van der Waals surface area contributed by atoms with Gasteiger partial charge >= 0.3 is 6.18 Å². The Morgan fingerprint density at radius 1 is 1.35 bits per heavy atom. The van der Waals surface area contributed by atoms with Crippen molar-refractivity contribution in [1.29, 1.82) is 0 Å². The van der Waals surface area contributed by atoms with Gasteiger partial charge in [-0.1, -0.05) is 0 Å². The van der Waals surface area contributed by atoms with E-state index in [1.54, 1.807) is 0 Å². The second-order valence-electron chi connectivity index (χ2n) is 3.42. The van der Waals surface area contributed by atoms with E-state index in [-0.39, 0.29) is 12.3 Å². The van der Waals surface area contributed by atoms with Crippen LogP contribution in [-0.4, -0.2) is 27.2 Å². The fourth-order valence-corrected chi connectivity index (χ4v) is 1.57. The zero-order valence-corrected chi connectivity index (χ0v) is 9.41. The van der Waals surface area contributed by atoms with E-state index in [0.717, 1.165) is 18.3 Å². The van der Waals surface area contributed by atoms with Crippen LogP contribution >= 0.6 is 11.6 Å². The molecule has 3 nitrogen and oxygen atoms in total. The Bertz CT molecular complexity index is 373. The van der Waals surface area contributed by atoms with E-state index in [9.17, 15) is 23.4 Å². The number of pyridine rings is 1. The Morgan fingerprint density at radius 3 is 2.53 bits per heavy atom. The second-order valence-corrected chi connectivity index (χ2v) is 3.80. The molecule has 2 N–H and O–H groups in total. The van der Waals surface area contributed by atoms with Crippen LogP contribution in [0.2, 0.25) is 0 Å². The van der Waals surface area contributed by atoms with Crippen molar-refractivity contribution in [3.8, 4) is 0 Å². The first-order valence-electron chi connectivity index (χ1n) is 4.82. The first-order chi connectivity index (χ1) is 7.88. The highest BCUT2D eigenvalue weighted by molar-refractivity contribution is 6.17. The molecule has 0 saturated carbocycles. The molecule has 17 heavy (non-hydrogen) atoms. The molecule has 2 unspecified atom stereocenters. The van der Waals surface area contributed by atoms with Crippen molar-refractivity contribution in [2.45, 2.75) is 24.8 Å². The molecule has 0 bridgehead atoms. The van der Waals surface area contributed by atoms with Gasteiger partial charge < -0.3 is 10.2 Å². The lowest BCUT2D eigenvalue weighted by Crippen LogP contribution is -2.23. The molecule has 0 radical (unpaired) electrons. The van der Waals surface area contributed by atoms with E-state index in [1.807, 2.05) is 0 Å². The summed E-state index contributed by atoms with van der Waals surface area (Å²) in [5.41, 5.74) is -1.64. The predicted molar refractivity (Wildman–Crippen MR) is 55.5 cm³/mol. The van der Waals surface area contributed by atoms with Gasteiger partial charge in [-0.25, -0.2) is 0 Å². The quantitative estimate of drug-likeness (QED) is 0.824. The molecule has 1 aromatic rings. The van der Waals surface area contributed by atoms with Gasteiger partial charge in [0.1, 0.15) is 6.10 Å². The van der Waals surface area contributed by atoms with E-state index in [2.05, 4.69) is 4.98 Å². The van der Waals surface area contributed by atoms with E-state index in [4.69, 9.17) is 11.6 Å². The highest BCUT2D eigenvalue weighted by Gasteiger charge is 2.37. The third-order valence-corrected chi connectivity index (χ3v) is 2.41. The first kappa shape index (κ1) is 14.2. The van der Waals surface area contributed by atoms with Crippen LogP contribution in [-0.2, 0) is 6.18 Å². The van der Waals surface area contributed by atoms with Gasteiger partial charge in [-0.2, -0.15) is 13.2 Å². The molecule has 2 atom stereocenters. The normalized spacial score (nSPS) is 15.6. The number of hydrogen-bond acceptors (Lipinski definition) is 3. The van der Waals surface area contributed by atoms with E-state index < -0.39 is 29.6 Å². The van der Waals surface area contributed by atoms with Gasteiger partial charge in [-0.15, -0.1) is 11.6 Å². The Morgan fingerprint density at radius 2 is 2.00 bits per heavy atom. The van der Waals surface area contributed by atoms with E-state index in [1.165, 1.54) is 0 Å². The number of nitrogens with zero attached hydrogens (tertiary/aromatic N) is 1. The second kappa shape index (κ2) is 5.66. The van der Waals surface area contributed by atoms with Gasteiger partial charge in [0.2, 0.25) is 0 Å². The molecule has 0 aromatic carbocycles. The molecule has 0 aliphatic heterocycles. The average molecular weight is 270 g/mol. The molecule has 96 valence electrons. The predicted octanol–water partition coefficient (Wildman–Crippen LogP) is 2.12. The Labute approximate surface area is 101 Å². The maximum atomic E-state index is 12.6. The lowest BCUT2D eigenvalue weighted by Gasteiger charge is -2.20. The number of alkyl halides is 4. The number of aliphatic hydroxyl groups excluding tert-OH is 2. The van der Waals surface area contributed by atoms with Gasteiger partial charge in [0, 0.05) is 12.1 Å². The van der Waals surface area contributed by atoms with Gasteiger partial charge in [-0.3, -0.25) is 4.98 Å². The summed E-state index contributed by atoms with van der Waals surface area (Å²) in [7, 11) is 0. The molecule has 1 aromatic heterocycles. The minimum Gasteiger partial charge on any atom is -0.390 e. The molecule has 0 amide bonds. The summed E-state index contributed by atoms with van der Waals surface area (Å²) < 4.78 is 37.8. The first-order valence-corrected chi connectivity index (χ1v) is 5.35. The van der Waals surface area contributed by atoms with Crippen LogP contribution < -0.4 is 0 Å². The maximum Gasteiger partial charge on any atom is 0.418 e. The highest BCUT2D eigenvalue weighted by atomic mass is 35.5. The van der Waals surface area contributed by atoms with E-state index in [0.29, 0.717) is 0 Å². The van der Waals surface area contributed by atoms with Gasteiger partial charge in [0.25, 0.3) is 0 Å². The van der Waals surface area contributed by atoms with Crippen molar-refractivity contribution in [3.05, 3.63) is 29.6 Å². The summed E-state index contributed by atoms with van der Waals surface area (Å²) in [5.74, 6) is 0.0341. The van der Waals surface area contributed by atoms with Crippen molar-refractivity contribution >= 4 is 11.6 Å². The van der Waals surface area contributed by atoms with Crippen molar-refractivity contribution in [2.24, 2.45) is 0 Å². The molecule has 0 spiro atoms. The molecule has 1 heterocycles. The SMILES string of the molecule is OC(CCCl)C(O)c1ncccc1C(F)(F)F. The maximum absolute atomic E-state index is 12.6. The van der Waals surface area contributed by atoms with Crippen LogP contribution in [0.1, 0.15) is 23.8 Å². The molecule has 1 rings (SSSR count). The lowest BCUT2D eigenvalue weighted by molar-refractivity contribution is -0.140. The van der Waals surface area contributed by atoms with E-state index >= 15 is 0 Å². The zero-order valence-electron chi connectivity index (χ0n) is 8.65. The minimum absolute atomic E-state index is 0.0173. The molecule has 7 heteroatoms. The Hall–Kier alpha value is -0.850. The summed E-state index contributed by atoms with van der Waals surface area (Å²) >= 11 is 5.34. The fourth-order valence-electron chi connectivity index (χ4n) is 1.34. The summed E-state index contributed by atoms with van der Waals surface area (Å²) in [4.78, 5) is 3.48. The minimum atomic E-state index is -4.62. The van der Waals surface area contributed by atoms with Crippen LogP contribution in [0.15, 0.2) is 18.3 Å². The molecule has 0 saturated heterocycles. The van der Waals surface area contributed by atoms with Crippen molar-refractivity contribution in [1.82, 2.24) is 4.98 Å². The van der Waals surface area contributed by atoms with Crippen LogP contribution in [0.5, 0.6) is 0 Å². The van der Waals surface area contributed by atoms with Crippen LogP contribution in [0.4, 0.5) is 13.2 Å². The summed E-state index contributed by atoms with van der Waals surface area (Å²) in [5, 5.41) is 19.0. The molecule has 0 fully saturated rings. The number of hydrogen-bond donors (Lipinski definition) is 2. The topological polar surface area (TPSA) is 53.4 Å². The number of halogens is 4. The van der Waals surface area contributed by atoms with Gasteiger partial charge in [-0.05, 0) is 18.6 Å². The number of aromatic nitrogens is 1. The summed E-state index contributed by atoms with van der Waals surface area (Å²) in [6.07, 6.45) is -6.58. The van der Waals surface area contributed by atoms with Gasteiger partial charge in [0.15, 0.2) is 0 Å². The average Bonchev–Trinajstić information content (AvgIpc) is 2.27. The van der Waals surface area contributed by atoms with Crippen LogP contribution in [0.3, 0.4) is 0 Å². The summed E-state index contributed by atoms with van der Waals surface area (Å²) in [6.45, 7) is 0. The van der Waals surface area contributed by atoms with Gasteiger partial charge in [0.05, 0.1) is 17.4 Å². The molecular formula is C10H11ClF3NO2. The smallest absolute Gasteiger partial charge is 0.390 e. The largest absolute Gasteiger partial charge is 0.418 e. The summed E-state index contributed by atoms with van der Waals surface area (Å²) in [6, 6.07) is 1.92. The standard InChI is InChI=1S/C10H11ClF3NO2/c11-4-3-7(16)9(17)8-6(10(12,13)14)2-1-5-15-8/h1-2,5,7,9,16-17H,3-4H2. The molecule has 0 aliphatic rings. The number of rotatable bonds is 4. The van der Waals surface area contributed by atoms with Crippen LogP contribution in [0.25, 0.3) is 0 Å². The fraction of sp³-hybridized carbons (Fsp3) is 0.500. The third-order valence-electron chi connectivity index (χ3n) is 2.19. The van der Waals surface area contributed by atoms with Crippen molar-refractivity contribution < 1.29 is 23.4 Å². The van der Waals surface area contributed by atoms with Crippen LogP contribution in [0, 0.1) is 0 Å². The third kappa shape index (κ3) is 3.55.